The average molecular weight is 444 g/mol. The fourth-order valence-corrected chi connectivity index (χ4v) is 5.75. The predicted molar refractivity (Wildman–Crippen MR) is 110 cm³/mol. The van der Waals surface area contributed by atoms with Gasteiger partial charge in [-0.3, -0.25) is 4.79 Å². The molecule has 0 aromatic heterocycles. The molecule has 2 aliphatic rings. The van der Waals surface area contributed by atoms with Gasteiger partial charge in [-0.1, -0.05) is 13.8 Å². The van der Waals surface area contributed by atoms with Crippen LogP contribution in [-0.2, 0) is 14.8 Å². The molecule has 0 bridgehead atoms. The van der Waals surface area contributed by atoms with Crippen LogP contribution in [0.15, 0.2) is 23.1 Å². The summed E-state index contributed by atoms with van der Waals surface area (Å²) in [4.78, 5) is 16.8. The van der Waals surface area contributed by atoms with Gasteiger partial charge in [-0.05, 0) is 63.5 Å². The van der Waals surface area contributed by atoms with E-state index in [1.54, 1.807) is 0 Å². The highest BCUT2D eigenvalue weighted by Crippen LogP contribution is 2.26. The van der Waals surface area contributed by atoms with Crippen molar-refractivity contribution in [3.8, 4) is 0 Å². The van der Waals surface area contributed by atoms with Crippen molar-refractivity contribution in [1.29, 1.82) is 0 Å². The molecule has 2 heterocycles. The standard InChI is InChI=1S/C21H31F2N3O3S/c1-16(2)21(27)26(12-5-11-24-9-3-4-10-24)17-8-13-25(15-17)30(28,29)18-6-7-19(22)20(23)14-18/h6-7,14,16-17H,3-5,8-13,15H2,1-2H3. The van der Waals surface area contributed by atoms with Gasteiger partial charge in [-0.25, -0.2) is 17.2 Å². The van der Waals surface area contributed by atoms with Gasteiger partial charge in [-0.15, -0.1) is 0 Å². The van der Waals surface area contributed by atoms with Gasteiger partial charge in [0.2, 0.25) is 15.9 Å². The Hall–Kier alpha value is -1.58. The second kappa shape index (κ2) is 9.70. The number of hydrogen-bond acceptors (Lipinski definition) is 4. The third kappa shape index (κ3) is 5.18. The molecular weight excluding hydrogens is 412 g/mol. The van der Waals surface area contributed by atoms with Crippen molar-refractivity contribution in [3.63, 3.8) is 0 Å². The fourth-order valence-electron chi connectivity index (χ4n) is 4.24. The highest BCUT2D eigenvalue weighted by atomic mass is 32.2. The van der Waals surface area contributed by atoms with Crippen LogP contribution >= 0.6 is 0 Å². The van der Waals surface area contributed by atoms with Crippen LogP contribution < -0.4 is 0 Å². The molecule has 30 heavy (non-hydrogen) atoms. The number of nitrogens with zero attached hydrogens (tertiary/aromatic N) is 3. The van der Waals surface area contributed by atoms with E-state index in [4.69, 9.17) is 0 Å². The summed E-state index contributed by atoms with van der Waals surface area (Å²) in [6, 6.07) is 2.40. The Labute approximate surface area is 177 Å². The molecular formula is C21H31F2N3O3S. The molecule has 2 fully saturated rings. The zero-order valence-corrected chi connectivity index (χ0v) is 18.5. The number of sulfonamides is 1. The van der Waals surface area contributed by atoms with E-state index >= 15 is 0 Å². The van der Waals surface area contributed by atoms with E-state index in [1.165, 1.54) is 17.1 Å². The summed E-state index contributed by atoms with van der Waals surface area (Å²) in [5.41, 5.74) is 0. The summed E-state index contributed by atoms with van der Waals surface area (Å²) in [5.74, 6) is -2.42. The molecule has 168 valence electrons. The van der Waals surface area contributed by atoms with Gasteiger partial charge >= 0.3 is 0 Å². The van der Waals surface area contributed by atoms with Gasteiger partial charge in [0.05, 0.1) is 4.90 Å². The van der Waals surface area contributed by atoms with Crippen molar-refractivity contribution in [3.05, 3.63) is 29.8 Å². The van der Waals surface area contributed by atoms with Crippen molar-refractivity contribution < 1.29 is 22.0 Å². The van der Waals surface area contributed by atoms with E-state index < -0.39 is 21.7 Å². The van der Waals surface area contributed by atoms with Crippen molar-refractivity contribution >= 4 is 15.9 Å². The monoisotopic (exact) mass is 443 g/mol. The van der Waals surface area contributed by atoms with Crippen LogP contribution in [0.4, 0.5) is 8.78 Å². The topological polar surface area (TPSA) is 60.9 Å². The number of amides is 1. The Bertz CT molecular complexity index is 857. The Morgan fingerprint density at radius 2 is 1.87 bits per heavy atom. The molecule has 3 rings (SSSR count). The molecule has 0 aliphatic carbocycles. The molecule has 1 amide bonds. The Morgan fingerprint density at radius 3 is 2.50 bits per heavy atom. The molecule has 2 aliphatic heterocycles. The molecule has 1 unspecified atom stereocenters. The minimum Gasteiger partial charge on any atom is -0.338 e. The van der Waals surface area contributed by atoms with Gasteiger partial charge in [0.1, 0.15) is 0 Å². The summed E-state index contributed by atoms with van der Waals surface area (Å²) in [6.07, 6.45) is 3.82. The van der Waals surface area contributed by atoms with Crippen LogP contribution in [-0.4, -0.2) is 73.7 Å². The van der Waals surface area contributed by atoms with Gasteiger partial charge in [0, 0.05) is 31.6 Å². The smallest absolute Gasteiger partial charge is 0.243 e. The van der Waals surface area contributed by atoms with Crippen LogP contribution in [0.5, 0.6) is 0 Å². The van der Waals surface area contributed by atoms with Crippen molar-refractivity contribution in [2.75, 3.05) is 39.3 Å². The highest BCUT2D eigenvalue weighted by molar-refractivity contribution is 7.89. The lowest BCUT2D eigenvalue weighted by atomic mass is 10.1. The highest BCUT2D eigenvalue weighted by Gasteiger charge is 2.37. The molecule has 0 spiro atoms. The van der Waals surface area contributed by atoms with Gasteiger partial charge in [-0.2, -0.15) is 4.31 Å². The largest absolute Gasteiger partial charge is 0.338 e. The third-order valence-electron chi connectivity index (χ3n) is 5.94. The number of carbonyl (C=O) groups excluding carboxylic acids is 1. The Morgan fingerprint density at radius 1 is 1.17 bits per heavy atom. The molecule has 1 atom stereocenters. The first-order valence-corrected chi connectivity index (χ1v) is 12.1. The van der Waals surface area contributed by atoms with E-state index in [-0.39, 0.29) is 35.9 Å². The maximum Gasteiger partial charge on any atom is 0.243 e. The first-order chi connectivity index (χ1) is 14.2. The summed E-state index contributed by atoms with van der Waals surface area (Å²) >= 11 is 0. The molecule has 6 nitrogen and oxygen atoms in total. The predicted octanol–water partition coefficient (Wildman–Crippen LogP) is 2.70. The Balaban J connectivity index is 1.68. The van der Waals surface area contributed by atoms with Crippen LogP contribution in [0.3, 0.4) is 0 Å². The molecule has 9 heteroatoms. The number of likely N-dealkylation sites (tertiary alicyclic amines) is 1. The molecule has 1 aromatic carbocycles. The zero-order valence-electron chi connectivity index (χ0n) is 17.7. The SMILES string of the molecule is CC(C)C(=O)N(CCCN1CCCC1)C1CCN(S(=O)(=O)c2ccc(F)c(F)c2)C1. The van der Waals surface area contributed by atoms with E-state index in [2.05, 4.69) is 4.90 Å². The van der Waals surface area contributed by atoms with Crippen LogP contribution in [0.1, 0.15) is 39.5 Å². The Kier molecular flexibility index (Phi) is 7.47. The summed E-state index contributed by atoms with van der Waals surface area (Å²) in [7, 11) is -3.94. The number of rotatable bonds is 8. The quantitative estimate of drug-likeness (QED) is 0.620. The first-order valence-electron chi connectivity index (χ1n) is 10.7. The van der Waals surface area contributed by atoms with Gasteiger partial charge < -0.3 is 9.80 Å². The minimum absolute atomic E-state index is 0.0218. The molecule has 1 aromatic rings. The van der Waals surface area contributed by atoms with Crippen LogP contribution in [0, 0.1) is 17.6 Å². The molecule has 2 saturated heterocycles. The molecule has 0 saturated carbocycles. The summed E-state index contributed by atoms with van der Waals surface area (Å²) < 4.78 is 53.8. The second-order valence-corrected chi connectivity index (χ2v) is 10.4. The first kappa shape index (κ1) is 23.1. The van der Waals surface area contributed by atoms with Crippen molar-refractivity contribution in [2.45, 2.75) is 50.5 Å². The molecule has 0 N–H and O–H groups in total. The lowest BCUT2D eigenvalue weighted by molar-refractivity contribution is -0.136. The maximum atomic E-state index is 13.5. The third-order valence-corrected chi connectivity index (χ3v) is 7.81. The average Bonchev–Trinajstić information content (AvgIpc) is 3.39. The van der Waals surface area contributed by atoms with E-state index in [0.29, 0.717) is 19.0 Å². The van der Waals surface area contributed by atoms with E-state index in [9.17, 15) is 22.0 Å². The number of halogens is 2. The van der Waals surface area contributed by atoms with Crippen molar-refractivity contribution in [2.24, 2.45) is 5.92 Å². The fraction of sp³-hybridized carbons (Fsp3) is 0.667. The van der Waals surface area contributed by atoms with Gasteiger partial charge in [0.15, 0.2) is 11.6 Å². The number of carbonyl (C=O) groups is 1. The lowest BCUT2D eigenvalue weighted by Crippen LogP contribution is -2.45. The summed E-state index contributed by atoms with van der Waals surface area (Å²) in [6.45, 7) is 7.84. The number of benzene rings is 1. The van der Waals surface area contributed by atoms with E-state index in [0.717, 1.165) is 38.2 Å². The zero-order chi connectivity index (χ0) is 21.9. The van der Waals surface area contributed by atoms with Crippen LogP contribution in [0.2, 0.25) is 0 Å². The minimum atomic E-state index is -3.94. The molecule has 0 radical (unpaired) electrons. The lowest BCUT2D eigenvalue weighted by Gasteiger charge is -2.31. The second-order valence-electron chi connectivity index (χ2n) is 8.47. The maximum absolute atomic E-state index is 13.5. The van der Waals surface area contributed by atoms with Crippen molar-refractivity contribution in [1.82, 2.24) is 14.1 Å². The van der Waals surface area contributed by atoms with Gasteiger partial charge in [0.25, 0.3) is 0 Å². The van der Waals surface area contributed by atoms with E-state index in [1.807, 2.05) is 18.7 Å². The van der Waals surface area contributed by atoms with Crippen LogP contribution in [0.25, 0.3) is 0 Å². The summed E-state index contributed by atoms with van der Waals surface area (Å²) in [5, 5.41) is 0. The number of hydrogen-bond donors (Lipinski definition) is 0. The normalized spacial score (nSPS) is 20.9.